The number of urea groups is 1. The highest BCUT2D eigenvalue weighted by Crippen LogP contribution is 2.24. The Morgan fingerprint density at radius 3 is 2.73 bits per heavy atom. The maximum atomic E-state index is 12.2. The van der Waals surface area contributed by atoms with Gasteiger partial charge in [-0.3, -0.25) is 9.20 Å². The number of nitrogens with one attached hydrogen (secondary N) is 3. The summed E-state index contributed by atoms with van der Waals surface area (Å²) in [6.07, 6.45) is 2.03. The summed E-state index contributed by atoms with van der Waals surface area (Å²) >= 11 is 0. The number of pyridine rings is 1. The first-order valence-corrected chi connectivity index (χ1v) is 8.84. The Balaban J connectivity index is 1.79. The molecule has 7 nitrogen and oxygen atoms in total. The summed E-state index contributed by atoms with van der Waals surface area (Å²) in [5.41, 5.74) is 3.22. The van der Waals surface area contributed by atoms with Crippen molar-refractivity contribution in [1.29, 1.82) is 0 Å². The first-order chi connectivity index (χ1) is 14.2. The lowest BCUT2D eigenvalue weighted by Gasteiger charge is -2.10. The molecule has 3 aromatic rings. The lowest BCUT2D eigenvalue weighted by atomic mass is 10.1. The van der Waals surface area contributed by atoms with Gasteiger partial charge in [0, 0.05) is 30.6 Å². The minimum atomic E-state index is -4.48. The molecule has 0 fully saturated rings. The molecule has 2 aromatic heterocycles. The minimum absolute atomic E-state index is 0.220. The molecule has 0 saturated carbocycles. The average Bonchev–Trinajstić information content (AvgIpc) is 3.13. The van der Waals surface area contributed by atoms with Crippen LogP contribution in [-0.2, 0) is 4.79 Å². The van der Waals surface area contributed by atoms with Gasteiger partial charge >= 0.3 is 12.2 Å². The zero-order valence-corrected chi connectivity index (χ0v) is 15.8. The number of likely N-dealkylation sites (N-methyl/N-ethyl adjacent to an activating group) is 1. The van der Waals surface area contributed by atoms with E-state index in [-0.39, 0.29) is 5.91 Å². The van der Waals surface area contributed by atoms with Crippen molar-refractivity contribution in [3.8, 4) is 11.3 Å². The Morgan fingerprint density at radius 1 is 1.20 bits per heavy atom. The van der Waals surface area contributed by atoms with E-state index in [1.807, 2.05) is 10.5 Å². The third-order valence-corrected chi connectivity index (χ3v) is 4.08. The molecule has 30 heavy (non-hydrogen) atoms. The lowest BCUT2D eigenvalue weighted by Crippen LogP contribution is -2.36. The van der Waals surface area contributed by atoms with Gasteiger partial charge in [-0.2, -0.15) is 13.2 Å². The molecule has 0 saturated heterocycles. The van der Waals surface area contributed by atoms with Crippen LogP contribution in [0.2, 0.25) is 0 Å². The van der Waals surface area contributed by atoms with Crippen molar-refractivity contribution in [1.82, 2.24) is 20.0 Å². The number of anilines is 1. The summed E-state index contributed by atoms with van der Waals surface area (Å²) in [4.78, 5) is 27.3. The van der Waals surface area contributed by atoms with Crippen LogP contribution in [0.4, 0.5) is 23.7 Å². The fourth-order valence-corrected chi connectivity index (χ4v) is 2.68. The predicted molar refractivity (Wildman–Crippen MR) is 107 cm³/mol. The summed E-state index contributed by atoms with van der Waals surface area (Å²) < 4.78 is 38.5. The second-order valence-corrected chi connectivity index (χ2v) is 6.28. The molecule has 0 atom stereocenters. The number of halogens is 3. The van der Waals surface area contributed by atoms with E-state index in [2.05, 4.69) is 15.6 Å². The van der Waals surface area contributed by atoms with Gasteiger partial charge in [0.25, 0.3) is 0 Å². The van der Waals surface area contributed by atoms with E-state index >= 15 is 0 Å². The number of fused-ring (bicyclic) bond motifs is 1. The number of aromatic nitrogens is 2. The minimum Gasteiger partial charge on any atom is -0.356 e. The predicted octanol–water partition coefficient (Wildman–Crippen LogP) is 3.44. The van der Waals surface area contributed by atoms with Crippen LogP contribution < -0.4 is 16.0 Å². The van der Waals surface area contributed by atoms with Crippen LogP contribution in [0.15, 0.2) is 54.9 Å². The molecule has 1 aromatic carbocycles. The van der Waals surface area contributed by atoms with Crippen LogP contribution in [-0.4, -0.2) is 41.1 Å². The van der Waals surface area contributed by atoms with Crippen LogP contribution >= 0.6 is 0 Å². The number of alkyl halides is 3. The fourth-order valence-electron chi connectivity index (χ4n) is 2.68. The Morgan fingerprint density at radius 2 is 2.00 bits per heavy atom. The van der Waals surface area contributed by atoms with Crippen LogP contribution in [0.25, 0.3) is 23.0 Å². The molecule has 0 aliphatic rings. The Bertz CT molecular complexity index is 1110. The molecular weight excluding hydrogens is 399 g/mol. The molecule has 3 N–H and O–H groups in total. The number of imidazole rings is 1. The molecule has 0 aliphatic heterocycles. The van der Waals surface area contributed by atoms with Crippen molar-refractivity contribution in [3.63, 3.8) is 0 Å². The Labute approximate surface area is 169 Å². The normalized spacial score (nSPS) is 11.6. The molecule has 0 bridgehead atoms. The number of carbonyl (C=O) groups is 2. The maximum Gasteiger partial charge on any atom is 0.405 e. The monoisotopic (exact) mass is 417 g/mol. The summed E-state index contributed by atoms with van der Waals surface area (Å²) in [6.45, 7) is -1.41. The first-order valence-electron chi connectivity index (χ1n) is 8.84. The summed E-state index contributed by atoms with van der Waals surface area (Å²) in [7, 11) is 1.54. The molecule has 3 rings (SSSR count). The molecular formula is C20H18F3N5O2. The lowest BCUT2D eigenvalue weighted by molar-refractivity contribution is -0.122. The summed E-state index contributed by atoms with van der Waals surface area (Å²) in [5.74, 6) is -0.220. The molecule has 0 unspecified atom stereocenters. The van der Waals surface area contributed by atoms with Crippen molar-refractivity contribution in [2.75, 3.05) is 18.9 Å². The molecule has 10 heteroatoms. The molecule has 0 spiro atoms. The van der Waals surface area contributed by atoms with Gasteiger partial charge in [-0.05, 0) is 35.9 Å². The second-order valence-electron chi connectivity index (χ2n) is 6.28. The maximum absolute atomic E-state index is 12.2. The van der Waals surface area contributed by atoms with Gasteiger partial charge < -0.3 is 16.0 Å². The summed E-state index contributed by atoms with van der Waals surface area (Å²) in [5, 5.41) is 6.63. The van der Waals surface area contributed by atoms with Crippen LogP contribution in [0, 0.1) is 0 Å². The van der Waals surface area contributed by atoms with Crippen molar-refractivity contribution >= 4 is 29.3 Å². The number of nitrogens with zero attached hydrogens (tertiary/aromatic N) is 2. The van der Waals surface area contributed by atoms with Gasteiger partial charge in [0.05, 0.1) is 11.9 Å². The average molecular weight is 417 g/mol. The third-order valence-electron chi connectivity index (χ3n) is 4.08. The molecule has 0 aliphatic carbocycles. The van der Waals surface area contributed by atoms with Gasteiger partial charge in [0.15, 0.2) is 0 Å². The smallest absolute Gasteiger partial charge is 0.356 e. The molecule has 3 amide bonds. The van der Waals surface area contributed by atoms with Gasteiger partial charge in [0.1, 0.15) is 12.2 Å². The largest absolute Gasteiger partial charge is 0.405 e. The number of rotatable bonds is 5. The van der Waals surface area contributed by atoms with E-state index in [1.165, 1.54) is 6.08 Å². The topological polar surface area (TPSA) is 87.5 Å². The van der Waals surface area contributed by atoms with Crippen molar-refractivity contribution in [2.24, 2.45) is 0 Å². The Hall–Kier alpha value is -3.82. The molecule has 2 heterocycles. The van der Waals surface area contributed by atoms with Crippen LogP contribution in [0.5, 0.6) is 0 Å². The van der Waals surface area contributed by atoms with E-state index in [0.717, 1.165) is 11.3 Å². The number of carbonyl (C=O) groups excluding carboxylic acids is 2. The first kappa shape index (κ1) is 20.9. The summed E-state index contributed by atoms with van der Waals surface area (Å²) in [6, 6.07) is 9.34. The van der Waals surface area contributed by atoms with Crippen LogP contribution in [0.1, 0.15) is 5.56 Å². The van der Waals surface area contributed by atoms with E-state index in [4.69, 9.17) is 0 Å². The SMILES string of the molecule is CNC(=O)C=Cc1ccn2c(-c3cccc(NC(=O)NCC(F)(F)F)c3)cnc2c1. The fraction of sp³-hybridized carbons (Fsp3) is 0.150. The number of benzene rings is 1. The van der Waals surface area contributed by atoms with Gasteiger partial charge in [-0.25, -0.2) is 9.78 Å². The standard InChI is InChI=1S/C20H18F3N5O2/c1-24-18(29)6-5-13-7-8-28-16(11-25-17(28)9-13)14-3-2-4-15(10-14)27-19(30)26-12-20(21,22)23/h2-11H,12H2,1H3,(H,24,29)(H2,26,27,30). The van der Waals surface area contributed by atoms with Gasteiger partial charge in [-0.1, -0.05) is 12.1 Å². The van der Waals surface area contributed by atoms with Crippen molar-refractivity contribution in [2.45, 2.75) is 6.18 Å². The van der Waals surface area contributed by atoms with E-state index < -0.39 is 18.8 Å². The third kappa shape index (κ3) is 5.37. The molecule has 156 valence electrons. The zero-order chi connectivity index (χ0) is 21.7. The van der Waals surface area contributed by atoms with Gasteiger partial charge in [0.2, 0.25) is 5.91 Å². The number of amides is 3. The Kier molecular flexibility index (Phi) is 6.05. The van der Waals surface area contributed by atoms with Crippen molar-refractivity contribution in [3.05, 3.63) is 60.4 Å². The highest BCUT2D eigenvalue weighted by atomic mass is 19.4. The van der Waals surface area contributed by atoms with E-state index in [9.17, 15) is 22.8 Å². The van der Waals surface area contributed by atoms with E-state index in [0.29, 0.717) is 16.9 Å². The number of hydrogen-bond acceptors (Lipinski definition) is 3. The zero-order valence-electron chi connectivity index (χ0n) is 15.8. The van der Waals surface area contributed by atoms with Crippen LogP contribution in [0.3, 0.4) is 0 Å². The van der Waals surface area contributed by atoms with Crippen molar-refractivity contribution < 1.29 is 22.8 Å². The highest BCUT2D eigenvalue weighted by Gasteiger charge is 2.27. The van der Waals surface area contributed by atoms with E-state index in [1.54, 1.807) is 61.2 Å². The second kappa shape index (κ2) is 8.68. The van der Waals surface area contributed by atoms with Gasteiger partial charge in [-0.15, -0.1) is 0 Å². The molecule has 0 radical (unpaired) electrons. The number of hydrogen-bond donors (Lipinski definition) is 3. The quantitative estimate of drug-likeness (QED) is 0.556. The highest BCUT2D eigenvalue weighted by molar-refractivity contribution is 5.91.